The zero-order valence-electron chi connectivity index (χ0n) is 17.7. The van der Waals surface area contributed by atoms with E-state index in [0.717, 1.165) is 30.4 Å². The summed E-state index contributed by atoms with van der Waals surface area (Å²) in [5, 5.41) is 6.89. The van der Waals surface area contributed by atoms with E-state index in [1.54, 1.807) is 4.90 Å². The number of benzene rings is 2. The first-order chi connectivity index (χ1) is 14.5. The molecule has 0 aromatic heterocycles. The molecule has 1 heterocycles. The molecule has 30 heavy (non-hydrogen) atoms. The van der Waals surface area contributed by atoms with E-state index in [4.69, 9.17) is 20.6 Å². The second kappa shape index (κ2) is 11.1. The Morgan fingerprint density at radius 1 is 1.07 bits per heavy atom. The van der Waals surface area contributed by atoms with Gasteiger partial charge in [-0.25, -0.2) is 4.99 Å². The molecule has 3 N–H and O–H groups in total. The third kappa shape index (κ3) is 4.87. The summed E-state index contributed by atoms with van der Waals surface area (Å²) in [4.78, 5) is 28.5. The number of nitrogens with zero attached hydrogens (tertiary/aromatic N) is 2. The summed E-state index contributed by atoms with van der Waals surface area (Å²) >= 11 is 0. The summed E-state index contributed by atoms with van der Waals surface area (Å²) in [6.07, 6.45) is 4.46. The van der Waals surface area contributed by atoms with Gasteiger partial charge in [0.1, 0.15) is 0 Å². The van der Waals surface area contributed by atoms with E-state index in [-0.39, 0.29) is 12.4 Å². The Hall–Kier alpha value is -3.15. The van der Waals surface area contributed by atoms with Crippen LogP contribution >= 0.6 is 0 Å². The van der Waals surface area contributed by atoms with Crippen molar-refractivity contribution in [3.05, 3.63) is 71.8 Å². The molecule has 2 aromatic carbocycles. The van der Waals surface area contributed by atoms with Gasteiger partial charge in [-0.15, -0.1) is 0 Å². The lowest BCUT2D eigenvalue weighted by molar-refractivity contribution is -0.130. The molecule has 6 nitrogen and oxygen atoms in total. The zero-order valence-corrected chi connectivity index (χ0v) is 17.7. The van der Waals surface area contributed by atoms with Crippen molar-refractivity contribution in [3.63, 3.8) is 0 Å². The van der Waals surface area contributed by atoms with Crippen LogP contribution < -0.4 is 5.73 Å². The minimum absolute atomic E-state index is 0.0488. The number of guanidine groups is 1. The lowest BCUT2D eigenvalue weighted by Crippen LogP contribution is -2.45. The van der Waals surface area contributed by atoms with Gasteiger partial charge in [-0.2, -0.15) is 0 Å². The fourth-order valence-electron chi connectivity index (χ4n) is 3.83. The van der Waals surface area contributed by atoms with Gasteiger partial charge >= 0.3 is 0 Å². The fraction of sp³-hybridized carbons (Fsp3) is 0.375. The van der Waals surface area contributed by atoms with Gasteiger partial charge in [0.2, 0.25) is 0 Å². The highest BCUT2D eigenvalue weighted by molar-refractivity contribution is 6.09. The highest BCUT2D eigenvalue weighted by atomic mass is 16.3. The van der Waals surface area contributed by atoms with Gasteiger partial charge in [0.05, 0.1) is 0 Å². The van der Waals surface area contributed by atoms with Crippen molar-refractivity contribution in [1.29, 1.82) is 0 Å². The number of rotatable bonds is 8. The van der Waals surface area contributed by atoms with Crippen LogP contribution in [0.4, 0.5) is 0 Å². The number of hydrogen-bond donors (Lipinski definition) is 2. The molecular weight excluding hydrogens is 378 g/mol. The van der Waals surface area contributed by atoms with E-state index in [1.165, 1.54) is 6.42 Å². The molecule has 1 aliphatic rings. The van der Waals surface area contributed by atoms with Crippen molar-refractivity contribution in [2.24, 2.45) is 16.6 Å². The van der Waals surface area contributed by atoms with Crippen LogP contribution in [0.1, 0.15) is 50.7 Å². The standard InChI is InChI=1S/C23H29N3O.CH2O2/c1-3-5-12-18(4-2)17-26-21(27)23(25-22(26)24,19-13-8-6-9-14-19)20-15-10-7-11-16-20;2-1-3/h6-11,13-16,18H,3-5,12,17H2,1-2H3,(H2,24,25);1H,(H,2,3). The van der Waals surface area contributed by atoms with Crippen LogP contribution in [0.25, 0.3) is 0 Å². The number of nitrogens with two attached hydrogens (primary N) is 1. The fourth-order valence-corrected chi connectivity index (χ4v) is 3.83. The molecule has 3 rings (SSSR count). The molecule has 1 atom stereocenters. The van der Waals surface area contributed by atoms with E-state index in [1.807, 2.05) is 60.7 Å². The predicted octanol–water partition coefficient (Wildman–Crippen LogP) is 4.00. The zero-order chi connectivity index (χ0) is 22.0. The third-order valence-electron chi connectivity index (χ3n) is 5.48. The van der Waals surface area contributed by atoms with Crippen molar-refractivity contribution >= 4 is 18.3 Å². The Kier molecular flexibility index (Phi) is 8.59. The monoisotopic (exact) mass is 409 g/mol. The van der Waals surface area contributed by atoms with Gasteiger partial charge < -0.3 is 10.8 Å². The Morgan fingerprint density at radius 3 is 2.00 bits per heavy atom. The van der Waals surface area contributed by atoms with Gasteiger partial charge in [-0.1, -0.05) is 93.8 Å². The molecule has 0 radical (unpaired) electrons. The number of unbranched alkanes of at least 4 members (excludes halogenated alkanes) is 1. The Labute approximate surface area is 178 Å². The molecule has 160 valence electrons. The largest absolute Gasteiger partial charge is 0.483 e. The van der Waals surface area contributed by atoms with Crippen LogP contribution in [0.5, 0.6) is 0 Å². The Bertz CT molecular complexity index is 798. The van der Waals surface area contributed by atoms with Crippen molar-refractivity contribution in [3.8, 4) is 0 Å². The number of carbonyl (C=O) groups is 2. The number of carboxylic acid groups (broad SMARTS) is 1. The number of amides is 1. The minimum Gasteiger partial charge on any atom is -0.483 e. The quantitative estimate of drug-likeness (QED) is 0.644. The average Bonchev–Trinajstić information content (AvgIpc) is 3.03. The number of aliphatic imine (C=N–C) groups is 1. The van der Waals surface area contributed by atoms with Crippen LogP contribution in [0.2, 0.25) is 0 Å². The number of hydrogen-bond acceptors (Lipinski definition) is 4. The Morgan fingerprint density at radius 2 is 1.57 bits per heavy atom. The first kappa shape index (κ1) is 23.1. The summed E-state index contributed by atoms with van der Waals surface area (Å²) in [5.74, 6) is 0.708. The van der Waals surface area contributed by atoms with Crippen LogP contribution in [-0.2, 0) is 15.1 Å². The minimum atomic E-state index is -1.09. The maximum absolute atomic E-state index is 13.7. The summed E-state index contributed by atoms with van der Waals surface area (Å²) in [6.45, 7) is 4.75. The SMILES string of the molecule is CCCCC(CC)CN1C(=O)C(c2ccccc2)(c2ccccc2)N=C1N.O=CO. The number of carbonyl (C=O) groups excluding carboxylic acids is 1. The second-order valence-corrected chi connectivity index (χ2v) is 7.35. The molecule has 0 spiro atoms. The van der Waals surface area contributed by atoms with E-state index >= 15 is 0 Å². The molecule has 0 fully saturated rings. The van der Waals surface area contributed by atoms with Gasteiger partial charge in [-0.3, -0.25) is 14.5 Å². The van der Waals surface area contributed by atoms with Crippen LogP contribution in [0.15, 0.2) is 65.7 Å². The molecular formula is C24H31N3O3. The summed E-state index contributed by atoms with van der Waals surface area (Å²) in [6, 6.07) is 19.5. The summed E-state index contributed by atoms with van der Waals surface area (Å²) < 4.78 is 0. The van der Waals surface area contributed by atoms with E-state index < -0.39 is 5.54 Å². The molecule has 1 amide bonds. The molecule has 1 unspecified atom stereocenters. The topological polar surface area (TPSA) is 96.0 Å². The van der Waals surface area contributed by atoms with Crippen LogP contribution in [-0.4, -0.2) is 34.9 Å². The van der Waals surface area contributed by atoms with Crippen molar-refractivity contribution in [2.45, 2.75) is 45.1 Å². The Balaban J connectivity index is 0.00000101. The second-order valence-electron chi connectivity index (χ2n) is 7.35. The van der Waals surface area contributed by atoms with E-state index in [2.05, 4.69) is 13.8 Å². The van der Waals surface area contributed by atoms with Crippen LogP contribution in [0, 0.1) is 5.92 Å². The van der Waals surface area contributed by atoms with Crippen molar-refractivity contribution in [1.82, 2.24) is 4.90 Å². The van der Waals surface area contributed by atoms with Crippen LogP contribution in [0.3, 0.4) is 0 Å². The first-order valence-electron chi connectivity index (χ1n) is 10.4. The molecule has 0 saturated carbocycles. The van der Waals surface area contributed by atoms with Crippen molar-refractivity contribution in [2.75, 3.05) is 6.54 Å². The van der Waals surface area contributed by atoms with E-state index in [9.17, 15) is 4.79 Å². The maximum Gasteiger partial charge on any atom is 0.290 e. The molecule has 0 saturated heterocycles. The lowest BCUT2D eigenvalue weighted by atomic mass is 9.82. The summed E-state index contributed by atoms with van der Waals surface area (Å²) in [7, 11) is 0. The van der Waals surface area contributed by atoms with Gasteiger partial charge in [0.25, 0.3) is 12.4 Å². The summed E-state index contributed by atoms with van der Waals surface area (Å²) in [5.41, 5.74) is 6.93. The van der Waals surface area contributed by atoms with Gasteiger partial charge in [0.15, 0.2) is 11.5 Å². The first-order valence-corrected chi connectivity index (χ1v) is 10.4. The maximum atomic E-state index is 13.7. The normalized spacial score (nSPS) is 15.7. The predicted molar refractivity (Wildman–Crippen MR) is 119 cm³/mol. The lowest BCUT2D eigenvalue weighted by Gasteiger charge is -2.28. The molecule has 1 aliphatic heterocycles. The third-order valence-corrected chi connectivity index (χ3v) is 5.48. The average molecular weight is 410 g/mol. The van der Waals surface area contributed by atoms with Gasteiger partial charge in [0, 0.05) is 6.54 Å². The molecule has 6 heteroatoms. The van der Waals surface area contributed by atoms with Gasteiger partial charge in [-0.05, 0) is 23.5 Å². The van der Waals surface area contributed by atoms with Crippen molar-refractivity contribution < 1.29 is 14.7 Å². The highest BCUT2D eigenvalue weighted by Gasteiger charge is 2.50. The van der Waals surface area contributed by atoms with E-state index in [0.29, 0.717) is 18.4 Å². The molecule has 0 aliphatic carbocycles. The molecule has 0 bridgehead atoms. The molecule has 2 aromatic rings. The highest BCUT2D eigenvalue weighted by Crippen LogP contribution is 2.39. The smallest absolute Gasteiger partial charge is 0.290 e.